The van der Waals surface area contributed by atoms with Gasteiger partial charge in [-0.3, -0.25) is 24.0 Å². The van der Waals surface area contributed by atoms with Crippen molar-refractivity contribution < 1.29 is 47.7 Å². The van der Waals surface area contributed by atoms with E-state index in [1.807, 2.05) is 6.08 Å². The van der Waals surface area contributed by atoms with Gasteiger partial charge in [0.1, 0.15) is 18.3 Å². The van der Waals surface area contributed by atoms with E-state index in [0.717, 1.165) is 12.8 Å². The van der Waals surface area contributed by atoms with Crippen molar-refractivity contribution in [1.29, 1.82) is 0 Å². The topological polar surface area (TPSA) is 132 Å². The lowest BCUT2D eigenvalue weighted by Gasteiger charge is -2.24. The van der Waals surface area contributed by atoms with E-state index in [2.05, 4.69) is 0 Å². The number of carbonyl (C=O) groups is 5. The highest BCUT2D eigenvalue weighted by atomic mass is 16.6. The van der Waals surface area contributed by atoms with Crippen molar-refractivity contribution in [1.82, 2.24) is 0 Å². The number of methoxy groups -OCH3 is 1. The summed E-state index contributed by atoms with van der Waals surface area (Å²) in [5.74, 6) is -2.71. The van der Waals surface area contributed by atoms with Crippen molar-refractivity contribution in [2.24, 2.45) is 11.8 Å². The smallest absolute Gasteiger partial charge is 0.305 e. The quantitative estimate of drug-likeness (QED) is 0.152. The fraction of sp³-hybridized carbons (Fsp3) is 0.720. The number of ether oxygens (including phenoxy) is 5. The summed E-state index contributed by atoms with van der Waals surface area (Å²) in [5, 5.41) is 0. The minimum absolute atomic E-state index is 0.117. The Kier molecular flexibility index (Phi) is 13.7. The molecule has 0 radical (unpaired) electrons. The van der Waals surface area contributed by atoms with Gasteiger partial charge in [0, 0.05) is 52.4 Å². The van der Waals surface area contributed by atoms with Crippen LogP contribution in [0.5, 0.6) is 0 Å². The molecule has 5 atom stereocenters. The Morgan fingerprint density at radius 1 is 0.857 bits per heavy atom. The third kappa shape index (κ3) is 12.4. The Morgan fingerprint density at radius 2 is 1.51 bits per heavy atom. The van der Waals surface area contributed by atoms with Gasteiger partial charge in [-0.1, -0.05) is 6.08 Å². The van der Waals surface area contributed by atoms with Gasteiger partial charge >= 0.3 is 29.8 Å². The molecule has 1 rings (SSSR count). The number of esters is 5. The van der Waals surface area contributed by atoms with E-state index < -0.39 is 42.2 Å². The molecule has 1 aliphatic rings. The van der Waals surface area contributed by atoms with Crippen LogP contribution in [-0.4, -0.2) is 61.9 Å². The molecule has 1 aliphatic carbocycles. The summed E-state index contributed by atoms with van der Waals surface area (Å²) >= 11 is 0. The van der Waals surface area contributed by atoms with Crippen molar-refractivity contribution in [2.75, 3.05) is 13.7 Å². The van der Waals surface area contributed by atoms with Crippen molar-refractivity contribution in [3.8, 4) is 0 Å². The second kappa shape index (κ2) is 15.9. The molecular weight excluding hydrogens is 460 g/mol. The third-order valence-corrected chi connectivity index (χ3v) is 5.71. The van der Waals surface area contributed by atoms with Gasteiger partial charge in [0.25, 0.3) is 0 Å². The van der Waals surface area contributed by atoms with E-state index in [9.17, 15) is 24.0 Å². The molecule has 0 saturated heterocycles. The highest BCUT2D eigenvalue weighted by Gasteiger charge is 2.45. The van der Waals surface area contributed by atoms with Crippen LogP contribution in [0.15, 0.2) is 12.2 Å². The number of hydrogen-bond donors (Lipinski definition) is 0. The summed E-state index contributed by atoms with van der Waals surface area (Å²) in [5.41, 5.74) is 0. The van der Waals surface area contributed by atoms with Crippen molar-refractivity contribution in [3.05, 3.63) is 12.2 Å². The zero-order valence-electron chi connectivity index (χ0n) is 21.3. The molecule has 0 N–H and O–H groups in total. The molecule has 0 bridgehead atoms. The highest BCUT2D eigenvalue weighted by molar-refractivity contribution is 5.69. The van der Waals surface area contributed by atoms with Gasteiger partial charge in [-0.25, -0.2) is 0 Å². The molecule has 5 unspecified atom stereocenters. The molecule has 0 heterocycles. The van der Waals surface area contributed by atoms with Crippen molar-refractivity contribution >= 4 is 29.8 Å². The maximum atomic E-state index is 11.8. The van der Waals surface area contributed by atoms with Gasteiger partial charge in [-0.15, -0.1) is 0 Å². The van der Waals surface area contributed by atoms with Gasteiger partial charge in [0.05, 0.1) is 13.7 Å². The van der Waals surface area contributed by atoms with Gasteiger partial charge in [0.15, 0.2) is 0 Å². The Balaban J connectivity index is 2.98. The van der Waals surface area contributed by atoms with E-state index in [0.29, 0.717) is 32.3 Å². The lowest BCUT2D eigenvalue weighted by molar-refractivity contribution is -0.149. The Bertz CT molecular complexity index is 759. The average Bonchev–Trinajstić information content (AvgIpc) is 3.05. The molecule has 0 aliphatic heterocycles. The fourth-order valence-corrected chi connectivity index (χ4v) is 4.30. The van der Waals surface area contributed by atoms with Gasteiger partial charge in [0.2, 0.25) is 0 Å². The second-order valence-corrected chi connectivity index (χ2v) is 8.61. The Hall–Kier alpha value is -2.91. The minimum Gasteiger partial charge on any atom is -0.469 e. The summed E-state index contributed by atoms with van der Waals surface area (Å²) in [6.07, 6.45) is 5.55. The van der Waals surface area contributed by atoms with Crippen LogP contribution in [-0.2, 0) is 47.7 Å². The van der Waals surface area contributed by atoms with Gasteiger partial charge in [-0.05, 0) is 38.2 Å². The molecule has 1 saturated carbocycles. The van der Waals surface area contributed by atoms with Crippen LogP contribution in [0.4, 0.5) is 0 Å². The molecule has 1 fully saturated rings. The third-order valence-electron chi connectivity index (χ3n) is 5.71. The molecule has 0 amide bonds. The average molecular weight is 499 g/mol. The van der Waals surface area contributed by atoms with E-state index in [1.165, 1.54) is 34.8 Å². The first-order chi connectivity index (χ1) is 16.5. The summed E-state index contributed by atoms with van der Waals surface area (Å²) in [6, 6.07) is 0. The number of rotatable bonds is 14. The summed E-state index contributed by atoms with van der Waals surface area (Å²) in [6.45, 7) is 5.64. The molecule has 10 heteroatoms. The van der Waals surface area contributed by atoms with Gasteiger partial charge in [-0.2, -0.15) is 0 Å². The lowest BCUT2D eigenvalue weighted by Crippen LogP contribution is -2.26. The summed E-state index contributed by atoms with van der Waals surface area (Å²) < 4.78 is 26.1. The first-order valence-electron chi connectivity index (χ1n) is 11.9. The largest absolute Gasteiger partial charge is 0.469 e. The van der Waals surface area contributed by atoms with Crippen molar-refractivity contribution in [3.63, 3.8) is 0 Å². The predicted octanol–water partition coefficient (Wildman–Crippen LogP) is 3.05. The first-order valence-corrected chi connectivity index (χ1v) is 11.9. The van der Waals surface area contributed by atoms with Crippen LogP contribution in [0.25, 0.3) is 0 Å². The maximum absolute atomic E-state index is 11.8. The predicted molar refractivity (Wildman–Crippen MR) is 124 cm³/mol. The Labute approximate surface area is 206 Å². The van der Waals surface area contributed by atoms with Crippen LogP contribution in [0.3, 0.4) is 0 Å². The molecule has 198 valence electrons. The lowest BCUT2D eigenvalue weighted by atomic mass is 9.88. The molecule has 0 spiro atoms. The number of carbonyl (C=O) groups excluding carboxylic acids is 5. The minimum atomic E-state index is -0.558. The molecule has 0 aromatic heterocycles. The summed E-state index contributed by atoms with van der Waals surface area (Å²) in [4.78, 5) is 57.6. The number of unbranched alkanes of at least 4 members (excludes halogenated alkanes) is 2. The van der Waals surface area contributed by atoms with Gasteiger partial charge < -0.3 is 23.7 Å². The van der Waals surface area contributed by atoms with E-state index in [1.54, 1.807) is 6.08 Å². The van der Waals surface area contributed by atoms with E-state index in [-0.39, 0.29) is 24.2 Å². The fourth-order valence-electron chi connectivity index (χ4n) is 4.30. The van der Waals surface area contributed by atoms with Crippen LogP contribution in [0.2, 0.25) is 0 Å². The number of hydrogen-bond acceptors (Lipinski definition) is 10. The zero-order chi connectivity index (χ0) is 26.4. The second-order valence-electron chi connectivity index (χ2n) is 8.61. The SMILES string of the molecule is COC(=O)CCC1C(OC(C)=O)CC(OC(C)=O)C1C=CC(CCCCCOC(C)=O)OC(C)=O. The molecule has 0 aromatic carbocycles. The van der Waals surface area contributed by atoms with Crippen LogP contribution in [0, 0.1) is 11.8 Å². The standard InChI is InChI=1S/C25H38O10/c1-16(26)32-14-8-6-7-9-20(33-17(2)27)10-11-21-22(12-13-25(30)31-5)24(35-19(4)29)15-23(21)34-18(3)28/h10-11,20-24H,6-9,12-15H2,1-5H3. The Morgan fingerprint density at radius 3 is 2.09 bits per heavy atom. The van der Waals surface area contributed by atoms with Crippen LogP contribution < -0.4 is 0 Å². The van der Waals surface area contributed by atoms with Crippen molar-refractivity contribution in [2.45, 2.75) is 91.0 Å². The monoisotopic (exact) mass is 498 g/mol. The van der Waals surface area contributed by atoms with E-state index >= 15 is 0 Å². The molecular formula is C25H38O10. The van der Waals surface area contributed by atoms with Crippen LogP contribution in [0.1, 0.15) is 72.6 Å². The summed E-state index contributed by atoms with van der Waals surface area (Å²) in [7, 11) is 1.30. The highest BCUT2D eigenvalue weighted by Crippen LogP contribution is 2.40. The molecule has 0 aromatic rings. The molecule has 35 heavy (non-hydrogen) atoms. The maximum Gasteiger partial charge on any atom is 0.305 e. The van der Waals surface area contributed by atoms with Crippen LogP contribution >= 0.6 is 0 Å². The molecule has 10 nitrogen and oxygen atoms in total. The van der Waals surface area contributed by atoms with E-state index in [4.69, 9.17) is 23.7 Å². The normalized spacial score (nSPS) is 22.3. The zero-order valence-corrected chi connectivity index (χ0v) is 21.3. The first kappa shape index (κ1) is 30.1.